The van der Waals surface area contributed by atoms with Gasteiger partial charge in [-0.25, -0.2) is 4.79 Å². The minimum absolute atomic E-state index is 0.119. The fraction of sp³-hybridized carbons (Fsp3) is 0.125. The zero-order valence-electron chi connectivity index (χ0n) is 13.0. The third kappa shape index (κ3) is 5.28. The van der Waals surface area contributed by atoms with Crippen LogP contribution in [0.1, 0.15) is 22.0 Å². The molecule has 0 heterocycles. The standard InChI is InChI=1S/C16H14FNO6S/c1-23-16(20)14(11-5-3-2-4-6-11)18-15(19)12-7-9-13(10-8-12)24-25(17,21)22/h2-10,14H,1H3,(H,18,19)/t14-/m0/s1. The molecular formula is C16H14FNO6S. The normalized spacial score (nSPS) is 12.1. The number of rotatable bonds is 6. The number of esters is 1. The van der Waals surface area contributed by atoms with Crippen molar-refractivity contribution in [3.63, 3.8) is 0 Å². The monoisotopic (exact) mass is 367 g/mol. The van der Waals surface area contributed by atoms with Gasteiger partial charge in [-0.1, -0.05) is 34.2 Å². The van der Waals surface area contributed by atoms with Crippen LogP contribution in [0.4, 0.5) is 3.89 Å². The Morgan fingerprint density at radius 3 is 2.16 bits per heavy atom. The van der Waals surface area contributed by atoms with Crippen LogP contribution in [0.25, 0.3) is 0 Å². The quantitative estimate of drug-likeness (QED) is 0.619. The van der Waals surface area contributed by atoms with Crippen molar-refractivity contribution < 1.29 is 30.8 Å². The number of hydrogen-bond acceptors (Lipinski definition) is 6. The van der Waals surface area contributed by atoms with E-state index in [0.29, 0.717) is 5.56 Å². The number of hydrogen-bond donors (Lipinski definition) is 1. The van der Waals surface area contributed by atoms with Crippen molar-refractivity contribution in [3.05, 3.63) is 65.7 Å². The molecule has 1 atom stereocenters. The first-order valence-electron chi connectivity index (χ1n) is 6.98. The second-order valence-corrected chi connectivity index (χ2v) is 5.79. The van der Waals surface area contributed by atoms with Gasteiger partial charge in [-0.2, -0.15) is 8.42 Å². The zero-order valence-corrected chi connectivity index (χ0v) is 13.8. The molecule has 25 heavy (non-hydrogen) atoms. The Hall–Kier alpha value is -2.94. The van der Waals surface area contributed by atoms with E-state index in [2.05, 4.69) is 9.50 Å². The number of benzene rings is 2. The van der Waals surface area contributed by atoms with E-state index in [0.717, 1.165) is 12.1 Å². The lowest BCUT2D eigenvalue weighted by Gasteiger charge is -2.17. The minimum atomic E-state index is -5.14. The molecule has 0 aliphatic carbocycles. The predicted molar refractivity (Wildman–Crippen MR) is 85.8 cm³/mol. The molecule has 0 spiro atoms. The van der Waals surface area contributed by atoms with Crippen LogP contribution >= 0.6 is 0 Å². The second-order valence-electron chi connectivity index (χ2n) is 4.84. The molecule has 0 aromatic heterocycles. The van der Waals surface area contributed by atoms with Crippen molar-refractivity contribution in [2.75, 3.05) is 7.11 Å². The molecule has 2 aromatic carbocycles. The number of amides is 1. The molecule has 0 fully saturated rings. The molecule has 2 rings (SSSR count). The van der Waals surface area contributed by atoms with Gasteiger partial charge in [0.15, 0.2) is 6.04 Å². The van der Waals surface area contributed by atoms with E-state index in [1.807, 2.05) is 0 Å². The van der Waals surface area contributed by atoms with Crippen LogP contribution in [0.2, 0.25) is 0 Å². The third-order valence-corrected chi connectivity index (χ3v) is 3.55. The van der Waals surface area contributed by atoms with Gasteiger partial charge in [-0.05, 0) is 29.8 Å². The van der Waals surface area contributed by atoms with Crippen LogP contribution in [-0.4, -0.2) is 27.4 Å². The number of carbonyl (C=O) groups excluding carboxylic acids is 2. The zero-order chi connectivity index (χ0) is 18.4. The van der Waals surface area contributed by atoms with E-state index in [9.17, 15) is 21.9 Å². The molecule has 1 amide bonds. The van der Waals surface area contributed by atoms with Crippen LogP contribution < -0.4 is 9.50 Å². The van der Waals surface area contributed by atoms with Gasteiger partial charge in [0, 0.05) is 5.56 Å². The molecule has 2 aromatic rings. The Kier molecular flexibility index (Phi) is 5.71. The van der Waals surface area contributed by atoms with E-state index in [4.69, 9.17) is 4.74 Å². The molecule has 0 saturated carbocycles. The van der Waals surface area contributed by atoms with E-state index in [-0.39, 0.29) is 11.3 Å². The summed E-state index contributed by atoms with van der Waals surface area (Å²) in [5.41, 5.74) is 0.652. The Labute approximate surface area is 143 Å². The van der Waals surface area contributed by atoms with Crippen molar-refractivity contribution in [1.29, 1.82) is 0 Å². The van der Waals surface area contributed by atoms with E-state index in [1.54, 1.807) is 30.3 Å². The Balaban J connectivity index is 2.17. The Morgan fingerprint density at radius 2 is 1.64 bits per heavy atom. The van der Waals surface area contributed by atoms with Gasteiger partial charge in [-0.3, -0.25) is 4.79 Å². The molecule has 7 nitrogen and oxygen atoms in total. The Bertz CT molecular complexity index is 852. The fourth-order valence-corrected chi connectivity index (χ4v) is 2.37. The average Bonchev–Trinajstić information content (AvgIpc) is 2.59. The molecule has 0 aliphatic heterocycles. The molecule has 0 radical (unpaired) electrons. The maximum Gasteiger partial charge on any atom is 0.488 e. The van der Waals surface area contributed by atoms with Gasteiger partial charge < -0.3 is 14.2 Å². The highest BCUT2D eigenvalue weighted by molar-refractivity contribution is 7.81. The third-order valence-electron chi connectivity index (χ3n) is 3.16. The second kappa shape index (κ2) is 7.75. The largest absolute Gasteiger partial charge is 0.488 e. The van der Waals surface area contributed by atoms with Gasteiger partial charge in [-0.15, -0.1) is 0 Å². The minimum Gasteiger partial charge on any atom is -0.467 e. The van der Waals surface area contributed by atoms with Gasteiger partial charge >= 0.3 is 16.5 Å². The van der Waals surface area contributed by atoms with E-state index >= 15 is 0 Å². The summed E-state index contributed by atoms with van der Waals surface area (Å²) >= 11 is 0. The summed E-state index contributed by atoms with van der Waals surface area (Å²) in [6, 6.07) is 12.2. The molecule has 0 saturated heterocycles. The van der Waals surface area contributed by atoms with Crippen LogP contribution in [0.15, 0.2) is 54.6 Å². The van der Waals surface area contributed by atoms with Gasteiger partial charge in [0.25, 0.3) is 5.91 Å². The average molecular weight is 367 g/mol. The summed E-state index contributed by atoms with van der Waals surface area (Å²) in [6.07, 6.45) is 0. The molecule has 0 aliphatic rings. The molecule has 0 unspecified atom stereocenters. The van der Waals surface area contributed by atoms with Crippen LogP contribution in [0.3, 0.4) is 0 Å². The summed E-state index contributed by atoms with van der Waals surface area (Å²) in [4.78, 5) is 24.2. The lowest BCUT2D eigenvalue weighted by molar-refractivity contribution is -0.143. The number of ether oxygens (including phenoxy) is 1. The van der Waals surface area contributed by atoms with Gasteiger partial charge in [0.2, 0.25) is 0 Å². The summed E-state index contributed by atoms with van der Waals surface area (Å²) in [6.45, 7) is 0. The topological polar surface area (TPSA) is 98.8 Å². The van der Waals surface area contributed by atoms with Crippen molar-refractivity contribution in [1.82, 2.24) is 5.32 Å². The van der Waals surface area contributed by atoms with Crippen molar-refractivity contribution in [2.45, 2.75) is 6.04 Å². The van der Waals surface area contributed by atoms with E-state index < -0.39 is 28.4 Å². The molecule has 9 heteroatoms. The first-order chi connectivity index (χ1) is 11.8. The fourth-order valence-electron chi connectivity index (χ4n) is 2.03. The SMILES string of the molecule is COC(=O)[C@@H](NC(=O)c1ccc(OS(=O)(=O)F)cc1)c1ccccc1. The van der Waals surface area contributed by atoms with Crippen LogP contribution in [-0.2, 0) is 20.0 Å². The molecular weight excluding hydrogens is 353 g/mol. The van der Waals surface area contributed by atoms with E-state index in [1.165, 1.54) is 19.2 Å². The smallest absolute Gasteiger partial charge is 0.467 e. The molecule has 1 N–H and O–H groups in total. The molecule has 132 valence electrons. The highest BCUT2D eigenvalue weighted by atomic mass is 32.3. The summed E-state index contributed by atoms with van der Waals surface area (Å²) in [5.74, 6) is -1.54. The number of methoxy groups -OCH3 is 1. The maximum atomic E-state index is 12.4. The lowest BCUT2D eigenvalue weighted by Crippen LogP contribution is -2.34. The van der Waals surface area contributed by atoms with Crippen molar-refractivity contribution in [3.8, 4) is 5.75 Å². The molecule has 0 bridgehead atoms. The van der Waals surface area contributed by atoms with Crippen molar-refractivity contribution >= 4 is 22.4 Å². The highest BCUT2D eigenvalue weighted by Crippen LogP contribution is 2.18. The number of carbonyl (C=O) groups is 2. The van der Waals surface area contributed by atoms with Crippen molar-refractivity contribution in [2.24, 2.45) is 0 Å². The summed E-state index contributed by atoms with van der Waals surface area (Å²) in [5, 5.41) is 2.52. The first kappa shape index (κ1) is 18.4. The van der Waals surface area contributed by atoms with Gasteiger partial charge in [0.1, 0.15) is 5.75 Å². The lowest BCUT2D eigenvalue weighted by atomic mass is 10.1. The van der Waals surface area contributed by atoms with Gasteiger partial charge in [0.05, 0.1) is 7.11 Å². The maximum absolute atomic E-state index is 12.4. The van der Waals surface area contributed by atoms with Crippen LogP contribution in [0, 0.1) is 0 Å². The Morgan fingerprint density at radius 1 is 1.04 bits per heavy atom. The summed E-state index contributed by atoms with van der Waals surface area (Å²) in [7, 11) is -3.94. The van der Waals surface area contributed by atoms with Crippen LogP contribution in [0.5, 0.6) is 5.75 Å². The first-order valence-corrected chi connectivity index (χ1v) is 8.29. The number of nitrogens with one attached hydrogen (secondary N) is 1. The predicted octanol–water partition coefficient (Wildman–Crippen LogP) is 1.92. The number of halogens is 1. The summed E-state index contributed by atoms with van der Waals surface area (Å²) < 4.78 is 42.0. The highest BCUT2D eigenvalue weighted by Gasteiger charge is 2.24.